The van der Waals surface area contributed by atoms with E-state index in [9.17, 15) is 4.79 Å². The average molecular weight is 481 g/mol. The first-order valence-electron chi connectivity index (χ1n) is 11.8. The molecule has 36 heavy (non-hydrogen) atoms. The van der Waals surface area contributed by atoms with E-state index in [2.05, 4.69) is 15.3 Å². The Bertz CT molecular complexity index is 1530. The van der Waals surface area contributed by atoms with Gasteiger partial charge in [-0.3, -0.25) is 9.36 Å². The molecule has 7 heteroatoms. The number of para-hydroxylation sites is 1. The minimum atomic E-state index is -0.724. The molecule has 0 bridgehead atoms. The highest BCUT2D eigenvalue weighted by atomic mass is 19.1. The lowest BCUT2D eigenvalue weighted by molar-refractivity contribution is 0.189. The van der Waals surface area contributed by atoms with Crippen LogP contribution in [0.5, 0.6) is 5.88 Å². The summed E-state index contributed by atoms with van der Waals surface area (Å²) in [6.45, 7) is 1.88. The van der Waals surface area contributed by atoms with Crippen LogP contribution in [0.3, 0.4) is 0 Å². The third-order valence-electron chi connectivity index (χ3n) is 5.88. The molecule has 0 spiro atoms. The molecule has 6 nitrogen and oxygen atoms in total. The predicted molar refractivity (Wildman–Crippen MR) is 141 cm³/mol. The Morgan fingerprint density at radius 2 is 1.94 bits per heavy atom. The summed E-state index contributed by atoms with van der Waals surface area (Å²) in [6, 6.07) is 16.3. The fourth-order valence-corrected chi connectivity index (χ4v) is 4.24. The molecule has 0 aliphatic heterocycles. The number of benzene rings is 1. The van der Waals surface area contributed by atoms with Crippen molar-refractivity contribution in [3.05, 3.63) is 119 Å². The van der Waals surface area contributed by atoms with Crippen molar-refractivity contribution >= 4 is 28.2 Å². The van der Waals surface area contributed by atoms with Crippen LogP contribution in [0, 0.1) is 5.82 Å². The number of hydrogen-bond donors (Lipinski definition) is 1. The van der Waals surface area contributed by atoms with Crippen molar-refractivity contribution in [1.29, 1.82) is 0 Å². The molecule has 0 saturated heterocycles. The molecule has 0 fully saturated rings. The van der Waals surface area contributed by atoms with Gasteiger partial charge in [-0.15, -0.1) is 0 Å². The highest BCUT2D eigenvalue weighted by Gasteiger charge is 2.25. The Kier molecular flexibility index (Phi) is 6.71. The number of allylic oxidation sites excluding steroid dienone is 6. The smallest absolute Gasteiger partial charge is 0.213 e. The monoisotopic (exact) mass is 480 g/mol. The quantitative estimate of drug-likeness (QED) is 0.324. The fourth-order valence-electron chi connectivity index (χ4n) is 4.24. The number of nitrogens with one attached hydrogen (secondary N) is 1. The Hall–Kier alpha value is -4.52. The number of halogens is 1. The van der Waals surface area contributed by atoms with Gasteiger partial charge in [0.15, 0.2) is 11.1 Å². The molecule has 3 heterocycles. The highest BCUT2D eigenvalue weighted by molar-refractivity contribution is 5.87. The summed E-state index contributed by atoms with van der Waals surface area (Å²) in [6.07, 6.45) is 13.2. The largest absolute Gasteiger partial charge is 0.469 e. The standard InChI is InChI=1S/C29H25FN4O2/c1-2-24(36-26-16-10-11-17-31-26)27-22(30)19-32-29-28(27)23(35)18-25(33-20-12-6-5-7-13-20)34(29)21-14-8-3-4-9-15-21/h3,5-19,24,33H,2,4H2,1H3. The lowest BCUT2D eigenvalue weighted by atomic mass is 10.0. The zero-order valence-corrected chi connectivity index (χ0v) is 19.8. The van der Waals surface area contributed by atoms with Crippen molar-refractivity contribution in [2.75, 3.05) is 5.32 Å². The zero-order chi connectivity index (χ0) is 24.9. The summed E-state index contributed by atoms with van der Waals surface area (Å²) in [7, 11) is 0. The van der Waals surface area contributed by atoms with Crippen LogP contribution in [0.4, 0.5) is 15.9 Å². The predicted octanol–water partition coefficient (Wildman–Crippen LogP) is 6.56. The summed E-state index contributed by atoms with van der Waals surface area (Å²) in [5.74, 6) is 0.285. The van der Waals surface area contributed by atoms with Crippen LogP contribution >= 0.6 is 0 Å². The lowest BCUT2D eigenvalue weighted by Gasteiger charge is -2.22. The van der Waals surface area contributed by atoms with E-state index in [4.69, 9.17) is 4.74 Å². The maximum atomic E-state index is 15.4. The van der Waals surface area contributed by atoms with Gasteiger partial charge in [0.05, 0.1) is 11.6 Å². The maximum Gasteiger partial charge on any atom is 0.213 e. The molecule has 0 amide bonds. The van der Waals surface area contributed by atoms with Crippen molar-refractivity contribution in [2.24, 2.45) is 0 Å². The van der Waals surface area contributed by atoms with E-state index in [0.29, 0.717) is 23.8 Å². The van der Waals surface area contributed by atoms with Crippen molar-refractivity contribution < 1.29 is 9.13 Å². The Morgan fingerprint density at radius 3 is 2.72 bits per heavy atom. The van der Waals surface area contributed by atoms with E-state index in [1.807, 2.05) is 72.2 Å². The molecule has 0 radical (unpaired) electrons. The normalized spacial score (nSPS) is 13.8. The molecule has 180 valence electrons. The average Bonchev–Trinajstić information content (AvgIpc) is 3.18. The number of hydrogen-bond acceptors (Lipinski definition) is 5. The number of pyridine rings is 3. The Balaban J connectivity index is 1.75. The minimum absolute atomic E-state index is 0.173. The number of aromatic nitrogens is 3. The summed E-state index contributed by atoms with van der Waals surface area (Å²) in [4.78, 5) is 22.2. The van der Waals surface area contributed by atoms with Crippen LogP contribution in [0.15, 0.2) is 102 Å². The van der Waals surface area contributed by atoms with E-state index in [-0.39, 0.29) is 16.4 Å². The first kappa shape index (κ1) is 23.2. The van der Waals surface area contributed by atoms with Crippen molar-refractivity contribution in [2.45, 2.75) is 25.9 Å². The SMILES string of the molecule is CCC(Oc1ccccn1)c1c(F)cnc2c1c(=O)cc(Nc1ccccc1)n2C1=CC=CCC=C1. The number of nitrogens with zero attached hydrogens (tertiary/aromatic N) is 3. The summed E-state index contributed by atoms with van der Waals surface area (Å²) >= 11 is 0. The molecule has 1 aromatic carbocycles. The van der Waals surface area contributed by atoms with E-state index in [0.717, 1.165) is 24.0 Å². The van der Waals surface area contributed by atoms with Crippen LogP contribution < -0.4 is 15.5 Å². The molecule has 0 saturated carbocycles. The van der Waals surface area contributed by atoms with Gasteiger partial charge in [0.2, 0.25) is 5.88 Å². The van der Waals surface area contributed by atoms with Gasteiger partial charge in [-0.05, 0) is 43.2 Å². The van der Waals surface area contributed by atoms with Gasteiger partial charge in [-0.1, -0.05) is 49.4 Å². The first-order chi connectivity index (χ1) is 17.7. The zero-order valence-electron chi connectivity index (χ0n) is 19.8. The van der Waals surface area contributed by atoms with Gasteiger partial charge in [0.1, 0.15) is 17.7 Å². The molecule has 3 aromatic heterocycles. The third kappa shape index (κ3) is 4.68. The summed E-state index contributed by atoms with van der Waals surface area (Å²) in [5.41, 5.74) is 1.76. The van der Waals surface area contributed by atoms with Gasteiger partial charge < -0.3 is 10.1 Å². The van der Waals surface area contributed by atoms with Crippen molar-refractivity contribution in [3.63, 3.8) is 0 Å². The van der Waals surface area contributed by atoms with Gasteiger partial charge in [0.25, 0.3) is 0 Å². The van der Waals surface area contributed by atoms with E-state index < -0.39 is 11.9 Å². The molecule has 1 unspecified atom stereocenters. The highest BCUT2D eigenvalue weighted by Crippen LogP contribution is 2.33. The lowest BCUT2D eigenvalue weighted by Crippen LogP contribution is -2.19. The second-order valence-electron chi connectivity index (χ2n) is 8.28. The minimum Gasteiger partial charge on any atom is -0.469 e. The van der Waals surface area contributed by atoms with E-state index >= 15 is 4.39 Å². The number of fused-ring (bicyclic) bond motifs is 1. The van der Waals surface area contributed by atoms with Crippen molar-refractivity contribution in [3.8, 4) is 5.88 Å². The topological polar surface area (TPSA) is 69.0 Å². The van der Waals surface area contributed by atoms with Crippen LogP contribution in [-0.2, 0) is 0 Å². The molecule has 1 atom stereocenters. The molecule has 1 aliphatic rings. The number of rotatable bonds is 7. The van der Waals surface area contributed by atoms with Crippen LogP contribution in [0.1, 0.15) is 31.4 Å². The maximum absolute atomic E-state index is 15.4. The second-order valence-corrected chi connectivity index (χ2v) is 8.28. The molecule has 5 rings (SSSR count). The number of ether oxygens (including phenoxy) is 1. The molecular formula is C29H25FN4O2. The summed E-state index contributed by atoms with van der Waals surface area (Å²) in [5, 5.41) is 3.51. The molecule has 1 aliphatic carbocycles. The van der Waals surface area contributed by atoms with Gasteiger partial charge in [0, 0.05) is 35.3 Å². The van der Waals surface area contributed by atoms with Gasteiger partial charge in [-0.2, -0.15) is 0 Å². The Morgan fingerprint density at radius 1 is 1.11 bits per heavy atom. The third-order valence-corrected chi connectivity index (χ3v) is 5.88. The van der Waals surface area contributed by atoms with Crippen LogP contribution in [0.2, 0.25) is 0 Å². The first-order valence-corrected chi connectivity index (χ1v) is 11.8. The van der Waals surface area contributed by atoms with Crippen LogP contribution in [-0.4, -0.2) is 14.5 Å². The molecule has 1 N–H and O–H groups in total. The van der Waals surface area contributed by atoms with E-state index in [1.54, 1.807) is 24.4 Å². The molecular weight excluding hydrogens is 455 g/mol. The fraction of sp³-hybridized carbons (Fsp3) is 0.138. The van der Waals surface area contributed by atoms with Crippen LogP contribution in [0.25, 0.3) is 16.7 Å². The molecule has 4 aromatic rings. The Labute approximate surface area is 208 Å². The van der Waals surface area contributed by atoms with Gasteiger partial charge >= 0.3 is 0 Å². The number of anilines is 2. The summed E-state index contributed by atoms with van der Waals surface area (Å²) < 4.78 is 23.2. The van der Waals surface area contributed by atoms with E-state index in [1.165, 1.54) is 6.07 Å². The van der Waals surface area contributed by atoms with Gasteiger partial charge in [-0.25, -0.2) is 14.4 Å². The second kappa shape index (κ2) is 10.4. The van der Waals surface area contributed by atoms with Crippen molar-refractivity contribution in [1.82, 2.24) is 14.5 Å².